The molecule has 0 spiro atoms. The summed E-state index contributed by atoms with van der Waals surface area (Å²) in [5.74, 6) is 0. The Labute approximate surface area is 46.5 Å². The summed E-state index contributed by atoms with van der Waals surface area (Å²) in [5, 5.41) is 0. The predicted molar refractivity (Wildman–Crippen MR) is 0 cm³/mol. The van der Waals surface area contributed by atoms with E-state index in [1.807, 2.05) is 0 Å². The summed E-state index contributed by atoms with van der Waals surface area (Å²) in [6.07, 6.45) is 0. The SMILES string of the molecule is [Ag+].[O-][Br+][O-]. The molecule has 0 rings (SSSR count). The van der Waals surface area contributed by atoms with E-state index in [9.17, 15) is 0 Å². The molecule has 0 fully saturated rings. The van der Waals surface area contributed by atoms with Gasteiger partial charge in [-0.2, -0.15) is 0 Å². The predicted octanol–water partition coefficient (Wildman–Crippen LogP) is -2.38. The van der Waals surface area contributed by atoms with E-state index in [0.717, 1.165) is 0 Å². The summed E-state index contributed by atoms with van der Waals surface area (Å²) in [5.41, 5.74) is 0. The van der Waals surface area contributed by atoms with Crippen LogP contribution in [-0.2, 0) is 22.4 Å². The molecule has 0 saturated heterocycles. The van der Waals surface area contributed by atoms with Crippen LogP contribution in [0.4, 0.5) is 0 Å². The van der Waals surface area contributed by atoms with Crippen molar-refractivity contribution in [3.05, 3.63) is 0 Å². The monoisotopic (exact) mass is 218 g/mol. The van der Waals surface area contributed by atoms with E-state index in [1.165, 1.54) is 0 Å². The van der Waals surface area contributed by atoms with Crippen molar-refractivity contribution in [2.45, 2.75) is 0 Å². The van der Waals surface area contributed by atoms with Gasteiger partial charge in [0.2, 0.25) is 0 Å². The third kappa shape index (κ3) is 11.1. The minimum atomic E-state index is -1.44. The molecule has 0 amide bonds. The molecule has 0 bridgehead atoms. The van der Waals surface area contributed by atoms with Gasteiger partial charge in [-0.15, -0.1) is 0 Å². The van der Waals surface area contributed by atoms with E-state index in [0.29, 0.717) is 0 Å². The molecule has 0 aliphatic heterocycles. The van der Waals surface area contributed by atoms with Gasteiger partial charge in [0.05, 0.1) is 0 Å². The minimum Gasteiger partial charge on any atom is -0.585 e. The van der Waals surface area contributed by atoms with Gasteiger partial charge in [0.25, 0.3) is 0 Å². The van der Waals surface area contributed by atoms with Gasteiger partial charge in [0.1, 0.15) is 0 Å². The fraction of sp³-hybridized carbons (Fsp3) is 0. The van der Waals surface area contributed by atoms with Crippen molar-refractivity contribution in [3.63, 3.8) is 0 Å². The maximum absolute atomic E-state index is 8.41. The number of hydrogen-bond donors (Lipinski definition) is 0. The Bertz CT molecular complexity index is 6.00. The zero-order valence-electron chi connectivity index (χ0n) is 1.50. The molecule has 4 heteroatoms. The molecule has 0 aromatic rings. The molecule has 0 unspecified atom stereocenters. The van der Waals surface area contributed by atoms with E-state index in [-0.39, 0.29) is 22.4 Å². The molecule has 0 atom stereocenters. The third-order valence-electron chi connectivity index (χ3n) is 0. The summed E-state index contributed by atoms with van der Waals surface area (Å²) >= 11 is -1.44. The van der Waals surface area contributed by atoms with Crippen LogP contribution in [0.1, 0.15) is 0 Å². The first-order valence-electron chi connectivity index (χ1n) is 0.309. The molecule has 0 aromatic carbocycles. The second kappa shape index (κ2) is 8.91. The summed E-state index contributed by atoms with van der Waals surface area (Å²) < 4.78 is 16.8. The molecule has 0 heterocycles. The Morgan fingerprint density at radius 2 is 1.25 bits per heavy atom. The van der Waals surface area contributed by atoms with Gasteiger partial charge in [-0.25, -0.2) is 0 Å². The van der Waals surface area contributed by atoms with E-state index >= 15 is 0 Å². The summed E-state index contributed by atoms with van der Waals surface area (Å²) in [6.45, 7) is 0. The van der Waals surface area contributed by atoms with Gasteiger partial charge in [-0.05, 0) is 0 Å². The zero-order chi connectivity index (χ0) is 2.71. The first kappa shape index (κ1) is 8.94. The third-order valence-corrected chi connectivity index (χ3v) is 0. The van der Waals surface area contributed by atoms with Crippen LogP contribution in [0.5, 0.6) is 0 Å². The maximum atomic E-state index is 8.41. The molecular formula is AgBrO2. The van der Waals surface area contributed by atoms with Crippen molar-refractivity contribution in [1.82, 2.24) is 0 Å². The van der Waals surface area contributed by atoms with Crippen molar-refractivity contribution >= 4 is 0 Å². The molecule has 0 radical (unpaired) electrons. The van der Waals surface area contributed by atoms with Gasteiger partial charge >= 0.3 is 22.4 Å². The smallest absolute Gasteiger partial charge is 0.585 e. The van der Waals surface area contributed by atoms with Crippen LogP contribution in [0.25, 0.3) is 0 Å². The zero-order valence-corrected chi connectivity index (χ0v) is 4.56. The molecule has 0 aliphatic rings. The molecule has 0 saturated carbocycles. The van der Waals surface area contributed by atoms with E-state index < -0.39 is 15.5 Å². The number of rotatable bonds is 0. The van der Waals surface area contributed by atoms with Crippen molar-refractivity contribution in [2.24, 2.45) is 0 Å². The first-order valence-corrected chi connectivity index (χ1v) is 1.60. The first-order chi connectivity index (χ1) is 1.41. The maximum Gasteiger partial charge on any atom is 1.00 e. The van der Waals surface area contributed by atoms with Crippen LogP contribution in [0, 0.1) is 15.5 Å². The average molecular weight is 220 g/mol. The van der Waals surface area contributed by atoms with E-state index in [2.05, 4.69) is 0 Å². The fourth-order valence-corrected chi connectivity index (χ4v) is 0. The largest absolute Gasteiger partial charge is 1.00 e. The van der Waals surface area contributed by atoms with Crippen LogP contribution in [-0.4, -0.2) is 0 Å². The second-order valence-electron chi connectivity index (χ2n) is 0.0630. The molecule has 2 nitrogen and oxygen atoms in total. The molecule has 0 N–H and O–H groups in total. The molecule has 0 aromatic heterocycles. The van der Waals surface area contributed by atoms with Gasteiger partial charge in [-0.1, -0.05) is 0 Å². The Morgan fingerprint density at radius 1 is 1.25 bits per heavy atom. The minimum absolute atomic E-state index is 0. The molecular weight excluding hydrogens is 220 g/mol. The standard InChI is InChI=1S/Ag.BrO2/c;2-1-3/q+1;-1. The van der Waals surface area contributed by atoms with Crippen LogP contribution >= 0.6 is 0 Å². The Balaban J connectivity index is 0. The van der Waals surface area contributed by atoms with Gasteiger partial charge in [0, 0.05) is 0 Å². The van der Waals surface area contributed by atoms with E-state index in [4.69, 9.17) is 8.40 Å². The van der Waals surface area contributed by atoms with Gasteiger partial charge in [0.15, 0.2) is 15.5 Å². The average Bonchev–Trinajstić information content (AvgIpc) is 0.918. The Hall–Kier alpha value is 1.14. The van der Waals surface area contributed by atoms with Crippen molar-refractivity contribution < 1.29 is 46.3 Å². The van der Waals surface area contributed by atoms with Crippen molar-refractivity contribution in [2.75, 3.05) is 0 Å². The van der Waals surface area contributed by atoms with Crippen molar-refractivity contribution in [1.29, 1.82) is 0 Å². The Kier molecular flexibility index (Phi) is 19.9. The van der Waals surface area contributed by atoms with Crippen LogP contribution in [0.15, 0.2) is 0 Å². The van der Waals surface area contributed by atoms with Crippen LogP contribution < -0.4 is 8.40 Å². The summed E-state index contributed by atoms with van der Waals surface area (Å²) in [7, 11) is 0. The fourth-order valence-electron chi connectivity index (χ4n) is 0. The summed E-state index contributed by atoms with van der Waals surface area (Å²) in [4.78, 5) is 0. The molecule has 30 valence electrons. The van der Waals surface area contributed by atoms with Gasteiger partial charge in [-0.3, -0.25) is 0 Å². The number of halogens is 1. The normalized spacial score (nSPS) is 4.50. The topological polar surface area (TPSA) is 46.1 Å². The van der Waals surface area contributed by atoms with Crippen LogP contribution in [0.3, 0.4) is 0 Å². The molecule has 4 heavy (non-hydrogen) atoms. The second-order valence-corrected chi connectivity index (χ2v) is 0.327. The Morgan fingerprint density at radius 3 is 1.25 bits per heavy atom. The van der Waals surface area contributed by atoms with Crippen LogP contribution in [0.2, 0.25) is 0 Å². The van der Waals surface area contributed by atoms with Gasteiger partial charge < -0.3 is 8.40 Å². The van der Waals surface area contributed by atoms with E-state index in [1.54, 1.807) is 0 Å². The summed E-state index contributed by atoms with van der Waals surface area (Å²) in [6, 6.07) is 0. The quantitative estimate of drug-likeness (QED) is 0.428. The van der Waals surface area contributed by atoms with Crippen molar-refractivity contribution in [3.8, 4) is 0 Å². The molecule has 0 aliphatic carbocycles. The number of hydrogen-bond acceptors (Lipinski definition) is 2.